The van der Waals surface area contributed by atoms with Crippen molar-refractivity contribution in [3.05, 3.63) is 54.2 Å². The number of amides is 1. The van der Waals surface area contributed by atoms with Crippen LogP contribution in [0.25, 0.3) is 10.9 Å². The van der Waals surface area contributed by atoms with Crippen molar-refractivity contribution in [2.24, 2.45) is 0 Å². The maximum Gasteiger partial charge on any atom is 0.243 e. The number of carbonyl (C=O) groups excluding carboxylic acids is 1. The molecule has 1 N–H and O–H groups in total. The minimum absolute atomic E-state index is 0.119. The molecule has 0 saturated carbocycles. The van der Waals surface area contributed by atoms with Gasteiger partial charge >= 0.3 is 0 Å². The van der Waals surface area contributed by atoms with Gasteiger partial charge in [-0.3, -0.25) is 4.79 Å². The van der Waals surface area contributed by atoms with Gasteiger partial charge in [-0.05, 0) is 43.2 Å². The van der Waals surface area contributed by atoms with Gasteiger partial charge in [0.05, 0.1) is 19.1 Å². The molecule has 1 amide bonds. The third kappa shape index (κ3) is 4.84. The first-order valence-electron chi connectivity index (χ1n) is 11.0. The van der Waals surface area contributed by atoms with Crippen LogP contribution in [0.15, 0.2) is 53.6 Å². The first-order chi connectivity index (χ1) is 15.9. The maximum atomic E-state index is 13.0. The van der Waals surface area contributed by atoms with Gasteiger partial charge in [-0.15, -0.1) is 0 Å². The Morgan fingerprint density at radius 1 is 1.03 bits per heavy atom. The molecule has 3 aromatic rings. The second-order valence-electron chi connectivity index (χ2n) is 8.06. The molecule has 1 saturated heterocycles. The Bertz CT molecular complexity index is 1250. The maximum absolute atomic E-state index is 13.0. The zero-order chi connectivity index (χ0) is 23.4. The summed E-state index contributed by atoms with van der Waals surface area (Å²) in [5.41, 5.74) is 1.62. The van der Waals surface area contributed by atoms with E-state index in [1.54, 1.807) is 49.0 Å². The molecule has 0 bridgehead atoms. The van der Waals surface area contributed by atoms with Crippen molar-refractivity contribution in [3.63, 3.8) is 0 Å². The molecule has 0 atom stereocenters. The number of piperidine rings is 1. The van der Waals surface area contributed by atoms with Crippen LogP contribution in [0.1, 0.15) is 24.8 Å². The normalized spacial score (nSPS) is 14.8. The van der Waals surface area contributed by atoms with Crippen LogP contribution < -0.4 is 14.8 Å². The van der Waals surface area contributed by atoms with Gasteiger partial charge < -0.3 is 19.4 Å². The fraction of sp³-hybridized carbons (Fsp3) is 0.375. The number of hydrogen-bond acceptors (Lipinski definition) is 5. The highest BCUT2D eigenvalue weighted by Gasteiger charge is 2.26. The van der Waals surface area contributed by atoms with Gasteiger partial charge in [0.25, 0.3) is 0 Å². The molecule has 33 heavy (non-hydrogen) atoms. The third-order valence-corrected chi connectivity index (χ3v) is 7.86. The largest absolute Gasteiger partial charge is 0.493 e. The Kier molecular flexibility index (Phi) is 6.90. The van der Waals surface area contributed by atoms with Gasteiger partial charge in [-0.25, -0.2) is 8.42 Å². The molecule has 1 aromatic heterocycles. The number of nitrogens with zero attached hydrogens (tertiary/aromatic N) is 2. The lowest BCUT2D eigenvalue weighted by atomic mass is 10.2. The van der Waals surface area contributed by atoms with Crippen molar-refractivity contribution in [1.29, 1.82) is 0 Å². The summed E-state index contributed by atoms with van der Waals surface area (Å²) < 4.78 is 40.0. The smallest absolute Gasteiger partial charge is 0.243 e. The number of sulfonamides is 1. The summed E-state index contributed by atoms with van der Waals surface area (Å²) in [6.07, 6.45) is 4.66. The molecule has 0 spiro atoms. The highest BCUT2D eigenvalue weighted by molar-refractivity contribution is 7.89. The van der Waals surface area contributed by atoms with Crippen LogP contribution in [-0.4, -0.2) is 50.5 Å². The van der Waals surface area contributed by atoms with Crippen LogP contribution in [0.4, 0.5) is 0 Å². The van der Waals surface area contributed by atoms with Crippen molar-refractivity contribution < 1.29 is 22.7 Å². The van der Waals surface area contributed by atoms with Crippen molar-refractivity contribution in [2.75, 3.05) is 27.3 Å². The van der Waals surface area contributed by atoms with Gasteiger partial charge in [0.2, 0.25) is 15.9 Å². The molecule has 2 heterocycles. The zero-order valence-corrected chi connectivity index (χ0v) is 19.7. The highest BCUT2D eigenvalue weighted by Crippen LogP contribution is 2.30. The van der Waals surface area contributed by atoms with E-state index in [-0.39, 0.29) is 12.5 Å². The van der Waals surface area contributed by atoms with Gasteiger partial charge in [-0.2, -0.15) is 4.31 Å². The zero-order valence-electron chi connectivity index (χ0n) is 18.9. The van der Waals surface area contributed by atoms with Gasteiger partial charge in [0.1, 0.15) is 6.54 Å². The van der Waals surface area contributed by atoms with Crippen LogP contribution in [0.3, 0.4) is 0 Å². The van der Waals surface area contributed by atoms with E-state index in [1.165, 1.54) is 0 Å². The van der Waals surface area contributed by atoms with E-state index < -0.39 is 10.0 Å². The molecule has 2 aromatic carbocycles. The number of para-hydroxylation sites is 1. The van der Waals surface area contributed by atoms with Crippen LogP contribution in [-0.2, 0) is 27.9 Å². The van der Waals surface area contributed by atoms with Crippen LogP contribution >= 0.6 is 0 Å². The summed E-state index contributed by atoms with van der Waals surface area (Å²) in [6, 6.07) is 12.4. The van der Waals surface area contributed by atoms with Crippen LogP contribution in [0.5, 0.6) is 11.5 Å². The lowest BCUT2D eigenvalue weighted by Crippen LogP contribution is -2.35. The number of benzene rings is 2. The molecule has 0 radical (unpaired) electrons. The Morgan fingerprint density at radius 3 is 2.55 bits per heavy atom. The van der Waals surface area contributed by atoms with E-state index in [1.807, 2.05) is 22.8 Å². The molecule has 9 heteroatoms. The van der Waals surface area contributed by atoms with E-state index in [2.05, 4.69) is 5.32 Å². The summed E-state index contributed by atoms with van der Waals surface area (Å²) in [7, 11) is -0.362. The van der Waals surface area contributed by atoms with E-state index in [0.29, 0.717) is 36.0 Å². The number of fused-ring (bicyclic) bond motifs is 1. The summed E-state index contributed by atoms with van der Waals surface area (Å²) >= 11 is 0. The van der Waals surface area contributed by atoms with Gasteiger partial charge in [0.15, 0.2) is 11.5 Å². The number of methoxy groups -OCH3 is 2. The molecule has 1 fully saturated rings. The first-order valence-corrected chi connectivity index (χ1v) is 12.4. The van der Waals surface area contributed by atoms with E-state index in [4.69, 9.17) is 9.47 Å². The van der Waals surface area contributed by atoms with E-state index in [9.17, 15) is 13.2 Å². The Labute approximate surface area is 194 Å². The van der Waals surface area contributed by atoms with E-state index >= 15 is 0 Å². The van der Waals surface area contributed by atoms with Crippen molar-refractivity contribution in [3.8, 4) is 11.5 Å². The third-order valence-electron chi connectivity index (χ3n) is 5.97. The minimum atomic E-state index is -3.50. The predicted octanol–water partition coefficient (Wildman–Crippen LogP) is 3.15. The molecular weight excluding hydrogens is 442 g/mol. The molecule has 0 aliphatic carbocycles. The number of hydrogen-bond donors (Lipinski definition) is 1. The predicted molar refractivity (Wildman–Crippen MR) is 126 cm³/mol. The van der Waals surface area contributed by atoms with Crippen molar-refractivity contribution in [2.45, 2.75) is 37.2 Å². The van der Waals surface area contributed by atoms with Gasteiger partial charge in [0, 0.05) is 42.3 Å². The Balaban J connectivity index is 1.46. The topological polar surface area (TPSA) is 89.9 Å². The molecule has 8 nitrogen and oxygen atoms in total. The standard InChI is InChI=1S/C24H29N3O5S/c1-31-22-8-6-7-19(24(22)32-2)16-25-23(28)17-26-14-11-18-15-20(9-10-21(18)26)33(29,30)27-12-4-3-5-13-27/h6-11,14-15H,3-5,12-13,16-17H2,1-2H3,(H,25,28). The molecule has 0 unspecified atom stereocenters. The summed E-state index contributed by atoms with van der Waals surface area (Å²) in [5.74, 6) is 1.03. The number of ether oxygens (including phenoxy) is 2. The monoisotopic (exact) mass is 471 g/mol. The fourth-order valence-electron chi connectivity index (χ4n) is 4.23. The SMILES string of the molecule is COc1cccc(CNC(=O)Cn2ccc3cc(S(=O)(=O)N4CCCCC4)ccc32)c1OC. The molecule has 1 aliphatic heterocycles. The fourth-order valence-corrected chi connectivity index (χ4v) is 5.78. The number of carbonyl (C=O) groups is 1. The minimum Gasteiger partial charge on any atom is -0.493 e. The highest BCUT2D eigenvalue weighted by atomic mass is 32.2. The van der Waals surface area contributed by atoms with Crippen molar-refractivity contribution >= 4 is 26.8 Å². The van der Waals surface area contributed by atoms with Gasteiger partial charge in [-0.1, -0.05) is 18.6 Å². The Morgan fingerprint density at radius 2 is 1.82 bits per heavy atom. The number of rotatable bonds is 8. The van der Waals surface area contributed by atoms with E-state index in [0.717, 1.165) is 35.7 Å². The molecular formula is C24H29N3O5S. The summed E-state index contributed by atoms with van der Waals surface area (Å²) in [4.78, 5) is 12.9. The second kappa shape index (κ2) is 9.84. The van der Waals surface area contributed by atoms with Crippen LogP contribution in [0.2, 0.25) is 0 Å². The summed E-state index contributed by atoms with van der Waals surface area (Å²) in [5, 5.41) is 3.70. The molecule has 4 rings (SSSR count). The van der Waals surface area contributed by atoms with Crippen LogP contribution in [0, 0.1) is 0 Å². The quantitative estimate of drug-likeness (QED) is 0.545. The molecule has 176 valence electrons. The lowest BCUT2D eigenvalue weighted by Gasteiger charge is -2.25. The first kappa shape index (κ1) is 23.1. The Hall–Kier alpha value is -3.04. The number of aromatic nitrogens is 1. The molecule has 1 aliphatic rings. The average Bonchev–Trinajstić information content (AvgIpc) is 3.24. The number of nitrogens with one attached hydrogen (secondary N) is 1. The summed E-state index contributed by atoms with van der Waals surface area (Å²) in [6.45, 7) is 1.56. The average molecular weight is 472 g/mol. The second-order valence-corrected chi connectivity index (χ2v) is 10.00. The van der Waals surface area contributed by atoms with Crippen molar-refractivity contribution in [1.82, 2.24) is 14.2 Å². The lowest BCUT2D eigenvalue weighted by molar-refractivity contribution is -0.121.